The maximum atomic E-state index is 13.0. The highest BCUT2D eigenvalue weighted by molar-refractivity contribution is 5.85. The van der Waals surface area contributed by atoms with Gasteiger partial charge in [0.05, 0.1) is 0 Å². The number of rotatable bonds is 7. The first kappa shape index (κ1) is 13.8. The summed E-state index contributed by atoms with van der Waals surface area (Å²) in [6.45, 7) is 4.42. The van der Waals surface area contributed by atoms with Gasteiger partial charge in [0, 0.05) is 13.0 Å². The fourth-order valence-electron chi connectivity index (χ4n) is 1.76. The second kappa shape index (κ2) is 7.17. The van der Waals surface area contributed by atoms with Crippen molar-refractivity contribution in [3.05, 3.63) is 35.6 Å². The SMILES string of the molecule is CCCC(OCC)C(=O)Cc1cccc(F)c1. The highest BCUT2D eigenvalue weighted by Gasteiger charge is 2.17. The Morgan fingerprint density at radius 3 is 2.76 bits per heavy atom. The van der Waals surface area contributed by atoms with Gasteiger partial charge in [-0.2, -0.15) is 0 Å². The molecule has 0 aliphatic rings. The molecular weight excluding hydrogens is 219 g/mol. The number of carbonyl (C=O) groups is 1. The predicted molar refractivity (Wildman–Crippen MR) is 65.4 cm³/mol. The summed E-state index contributed by atoms with van der Waals surface area (Å²) in [5.74, 6) is -0.280. The molecule has 3 heteroatoms. The molecule has 94 valence electrons. The molecule has 0 amide bonds. The maximum Gasteiger partial charge on any atom is 0.165 e. The van der Waals surface area contributed by atoms with Crippen molar-refractivity contribution in [3.8, 4) is 0 Å². The highest BCUT2D eigenvalue weighted by atomic mass is 19.1. The van der Waals surface area contributed by atoms with Gasteiger partial charge in [-0.05, 0) is 31.0 Å². The standard InChI is InChI=1S/C14H19FO2/c1-3-6-14(17-4-2)13(16)10-11-7-5-8-12(15)9-11/h5,7-9,14H,3-4,6,10H2,1-2H3. The van der Waals surface area contributed by atoms with E-state index in [1.54, 1.807) is 12.1 Å². The quantitative estimate of drug-likeness (QED) is 0.729. The van der Waals surface area contributed by atoms with E-state index in [0.717, 1.165) is 12.8 Å². The van der Waals surface area contributed by atoms with Crippen molar-refractivity contribution in [1.29, 1.82) is 0 Å². The Hall–Kier alpha value is -1.22. The fourth-order valence-corrected chi connectivity index (χ4v) is 1.76. The molecule has 0 radical (unpaired) electrons. The zero-order valence-electron chi connectivity index (χ0n) is 10.4. The van der Waals surface area contributed by atoms with E-state index in [1.165, 1.54) is 12.1 Å². The van der Waals surface area contributed by atoms with Crippen LogP contribution in [0.2, 0.25) is 0 Å². The summed E-state index contributed by atoms with van der Waals surface area (Å²) in [7, 11) is 0. The number of benzene rings is 1. The van der Waals surface area contributed by atoms with E-state index in [0.29, 0.717) is 12.2 Å². The molecule has 2 nitrogen and oxygen atoms in total. The van der Waals surface area contributed by atoms with Gasteiger partial charge < -0.3 is 4.74 Å². The second-order valence-corrected chi connectivity index (χ2v) is 4.01. The van der Waals surface area contributed by atoms with Crippen LogP contribution in [0.5, 0.6) is 0 Å². The van der Waals surface area contributed by atoms with Crippen molar-refractivity contribution in [3.63, 3.8) is 0 Å². The molecule has 0 saturated carbocycles. The Morgan fingerprint density at radius 2 is 2.18 bits per heavy atom. The molecule has 0 saturated heterocycles. The number of ketones is 1. The summed E-state index contributed by atoms with van der Waals surface area (Å²) < 4.78 is 18.4. The van der Waals surface area contributed by atoms with Gasteiger partial charge in [0.25, 0.3) is 0 Å². The average Bonchev–Trinajstić information content (AvgIpc) is 2.28. The zero-order chi connectivity index (χ0) is 12.7. The van der Waals surface area contributed by atoms with Crippen molar-refractivity contribution in [2.24, 2.45) is 0 Å². The lowest BCUT2D eigenvalue weighted by Gasteiger charge is -2.14. The van der Waals surface area contributed by atoms with Crippen molar-refractivity contribution in [2.45, 2.75) is 39.2 Å². The molecule has 0 bridgehead atoms. The van der Waals surface area contributed by atoms with Gasteiger partial charge in [-0.1, -0.05) is 25.5 Å². The van der Waals surface area contributed by atoms with Crippen LogP contribution in [-0.2, 0) is 16.0 Å². The number of hydrogen-bond donors (Lipinski definition) is 0. The molecule has 0 fully saturated rings. The van der Waals surface area contributed by atoms with Crippen LogP contribution < -0.4 is 0 Å². The Kier molecular flexibility index (Phi) is 5.84. The molecule has 1 atom stereocenters. The van der Waals surface area contributed by atoms with Crippen LogP contribution in [0.1, 0.15) is 32.3 Å². The minimum Gasteiger partial charge on any atom is -0.371 e. The summed E-state index contributed by atoms with van der Waals surface area (Å²) in [4.78, 5) is 12.0. The van der Waals surface area contributed by atoms with E-state index in [4.69, 9.17) is 4.74 Å². The summed E-state index contributed by atoms with van der Waals surface area (Å²) in [5, 5.41) is 0. The molecule has 1 aromatic carbocycles. The number of Topliss-reactive ketones (excluding diaryl/α,β-unsaturated/α-hetero) is 1. The molecule has 0 heterocycles. The van der Waals surface area contributed by atoms with Gasteiger partial charge in [0.15, 0.2) is 5.78 Å². The van der Waals surface area contributed by atoms with E-state index in [2.05, 4.69) is 0 Å². The molecule has 1 rings (SSSR count). The molecule has 1 aromatic rings. The topological polar surface area (TPSA) is 26.3 Å². The van der Waals surface area contributed by atoms with Crippen LogP contribution in [0, 0.1) is 5.82 Å². The lowest BCUT2D eigenvalue weighted by molar-refractivity contribution is -0.130. The van der Waals surface area contributed by atoms with Crippen LogP contribution in [-0.4, -0.2) is 18.5 Å². The van der Waals surface area contributed by atoms with Crippen LogP contribution in [0.3, 0.4) is 0 Å². The highest BCUT2D eigenvalue weighted by Crippen LogP contribution is 2.10. The third kappa shape index (κ3) is 4.65. The normalized spacial score (nSPS) is 12.4. The Balaban J connectivity index is 2.62. The van der Waals surface area contributed by atoms with Crippen LogP contribution in [0.4, 0.5) is 4.39 Å². The number of ether oxygens (including phenoxy) is 1. The van der Waals surface area contributed by atoms with Crippen LogP contribution in [0.15, 0.2) is 24.3 Å². The first-order valence-corrected chi connectivity index (χ1v) is 6.06. The summed E-state index contributed by atoms with van der Waals surface area (Å²) >= 11 is 0. The summed E-state index contributed by atoms with van der Waals surface area (Å²) in [6.07, 6.45) is 1.51. The first-order chi connectivity index (χ1) is 8.17. The predicted octanol–water partition coefficient (Wildman–Crippen LogP) is 3.14. The Bertz CT molecular complexity index is 357. The van der Waals surface area contributed by atoms with Crippen molar-refractivity contribution in [2.75, 3.05) is 6.61 Å². The van der Waals surface area contributed by atoms with E-state index >= 15 is 0 Å². The molecule has 0 aliphatic carbocycles. The smallest absolute Gasteiger partial charge is 0.165 e. The van der Waals surface area contributed by atoms with Gasteiger partial charge in [-0.15, -0.1) is 0 Å². The summed E-state index contributed by atoms with van der Waals surface area (Å²) in [5.41, 5.74) is 0.704. The molecule has 0 N–H and O–H groups in total. The molecule has 1 unspecified atom stereocenters. The molecule has 0 aliphatic heterocycles. The lowest BCUT2D eigenvalue weighted by atomic mass is 10.0. The molecule has 0 aromatic heterocycles. The van der Waals surface area contributed by atoms with E-state index in [1.807, 2.05) is 13.8 Å². The van der Waals surface area contributed by atoms with Gasteiger partial charge in [0.1, 0.15) is 11.9 Å². The minimum atomic E-state index is -0.353. The van der Waals surface area contributed by atoms with Crippen molar-refractivity contribution < 1.29 is 13.9 Å². The van der Waals surface area contributed by atoms with Crippen molar-refractivity contribution >= 4 is 5.78 Å². The Morgan fingerprint density at radius 1 is 1.41 bits per heavy atom. The van der Waals surface area contributed by atoms with E-state index < -0.39 is 0 Å². The van der Waals surface area contributed by atoms with E-state index in [-0.39, 0.29) is 24.1 Å². The van der Waals surface area contributed by atoms with E-state index in [9.17, 15) is 9.18 Å². The van der Waals surface area contributed by atoms with Gasteiger partial charge in [-0.3, -0.25) is 4.79 Å². The maximum absolute atomic E-state index is 13.0. The lowest BCUT2D eigenvalue weighted by Crippen LogP contribution is -2.26. The van der Waals surface area contributed by atoms with Crippen LogP contribution in [0.25, 0.3) is 0 Å². The molecule has 17 heavy (non-hydrogen) atoms. The second-order valence-electron chi connectivity index (χ2n) is 4.01. The fraction of sp³-hybridized carbons (Fsp3) is 0.500. The first-order valence-electron chi connectivity index (χ1n) is 6.06. The average molecular weight is 238 g/mol. The zero-order valence-corrected chi connectivity index (χ0v) is 10.4. The molecule has 0 spiro atoms. The minimum absolute atomic E-state index is 0.0271. The third-order valence-electron chi connectivity index (χ3n) is 2.55. The number of hydrogen-bond acceptors (Lipinski definition) is 2. The van der Waals surface area contributed by atoms with Crippen molar-refractivity contribution in [1.82, 2.24) is 0 Å². The number of carbonyl (C=O) groups excluding carboxylic acids is 1. The Labute approximate surface area is 102 Å². The summed E-state index contributed by atoms with van der Waals surface area (Å²) in [6, 6.07) is 6.15. The van der Waals surface area contributed by atoms with Gasteiger partial charge in [0.2, 0.25) is 0 Å². The van der Waals surface area contributed by atoms with Gasteiger partial charge in [-0.25, -0.2) is 4.39 Å². The van der Waals surface area contributed by atoms with Gasteiger partial charge >= 0.3 is 0 Å². The molecular formula is C14H19FO2. The monoisotopic (exact) mass is 238 g/mol. The third-order valence-corrected chi connectivity index (χ3v) is 2.55. The largest absolute Gasteiger partial charge is 0.371 e. The van der Waals surface area contributed by atoms with Crippen LogP contribution >= 0.6 is 0 Å². The number of halogens is 1.